The van der Waals surface area contributed by atoms with Crippen molar-refractivity contribution in [1.29, 1.82) is 0 Å². The molecule has 0 N–H and O–H groups in total. The monoisotopic (exact) mass is 304 g/mol. The molecule has 4 nitrogen and oxygen atoms in total. The summed E-state index contributed by atoms with van der Waals surface area (Å²) < 4.78 is 38.9. The third-order valence-corrected chi connectivity index (χ3v) is 4.70. The van der Waals surface area contributed by atoms with Crippen LogP contribution in [0.15, 0.2) is 30.3 Å². The Morgan fingerprint density at radius 1 is 1.23 bits per heavy atom. The number of carbonyl (C=O) groups excluding carboxylic acids is 1. The van der Waals surface area contributed by atoms with E-state index in [1.54, 1.807) is 0 Å². The molecule has 1 spiro atoms. The molecular weight excluding hydrogens is 276 g/mol. The summed E-state index contributed by atoms with van der Waals surface area (Å²) in [4.78, 5) is 15.8. The number of nitrogens with zero attached hydrogens (tertiary/aromatic N) is 2. The lowest BCUT2D eigenvalue weighted by atomic mass is 9.89. The van der Waals surface area contributed by atoms with E-state index in [0.717, 1.165) is 24.3 Å². The second kappa shape index (κ2) is 5.67. The first-order valence-corrected chi connectivity index (χ1v) is 8.05. The van der Waals surface area contributed by atoms with E-state index in [1.807, 2.05) is 18.2 Å². The molecule has 1 amide bonds. The first-order valence-electron chi connectivity index (χ1n) is 10.1. The van der Waals surface area contributed by atoms with Crippen molar-refractivity contribution in [3.05, 3.63) is 35.9 Å². The highest BCUT2D eigenvalue weighted by Gasteiger charge is 2.46. The molecule has 2 saturated heterocycles. The zero-order valence-electron chi connectivity index (χ0n) is 16.6. The van der Waals surface area contributed by atoms with Crippen LogP contribution in [-0.4, -0.2) is 53.5 Å². The molecule has 1 aliphatic carbocycles. The normalized spacial score (nSPS) is 32.9. The molecule has 0 bridgehead atoms. The second-order valence-electron chi connectivity index (χ2n) is 6.48. The van der Waals surface area contributed by atoms with Crippen molar-refractivity contribution < 1.29 is 15.0 Å². The van der Waals surface area contributed by atoms with E-state index < -0.39 is 24.6 Å². The quantitative estimate of drug-likeness (QED) is 0.857. The molecule has 2 heterocycles. The Labute approximate surface area is 137 Å². The number of piperidine rings is 1. The molecule has 0 aromatic heterocycles. The summed E-state index contributed by atoms with van der Waals surface area (Å²) in [6.07, 6.45) is 2.20. The standard InChI is InChI=1S/C18H24N2O2/c21-17-13-22-18(14-20(17)16-6-7-16)8-10-19(11-9-18)12-15-4-2-1-3-5-15/h1-5,16H,6-14H2/i13D2,14D2. The highest BCUT2D eigenvalue weighted by Crippen LogP contribution is 2.36. The molecule has 2 aliphatic heterocycles. The maximum absolute atomic E-state index is 12.5. The average Bonchev–Trinajstić information content (AvgIpc) is 3.41. The maximum atomic E-state index is 12.5. The average molecular weight is 304 g/mol. The van der Waals surface area contributed by atoms with Crippen molar-refractivity contribution in [2.24, 2.45) is 0 Å². The van der Waals surface area contributed by atoms with E-state index in [9.17, 15) is 4.79 Å². The van der Waals surface area contributed by atoms with Crippen LogP contribution < -0.4 is 0 Å². The van der Waals surface area contributed by atoms with Gasteiger partial charge in [-0.15, -0.1) is 0 Å². The first-order chi connectivity index (χ1) is 12.3. The molecule has 4 rings (SSSR count). The lowest BCUT2D eigenvalue weighted by Crippen LogP contribution is -2.59. The van der Waals surface area contributed by atoms with Crippen LogP contribution in [-0.2, 0) is 16.1 Å². The van der Waals surface area contributed by atoms with Gasteiger partial charge in [0.05, 0.1) is 17.6 Å². The van der Waals surface area contributed by atoms with Gasteiger partial charge >= 0.3 is 0 Å². The lowest BCUT2D eigenvalue weighted by Gasteiger charge is -2.47. The van der Waals surface area contributed by atoms with Crippen molar-refractivity contribution in [3.63, 3.8) is 0 Å². The van der Waals surface area contributed by atoms with Crippen LogP contribution >= 0.6 is 0 Å². The van der Waals surface area contributed by atoms with Crippen LogP contribution in [0.3, 0.4) is 0 Å². The summed E-state index contributed by atoms with van der Waals surface area (Å²) in [5.74, 6) is -0.873. The van der Waals surface area contributed by atoms with Gasteiger partial charge in [-0.25, -0.2) is 0 Å². The smallest absolute Gasteiger partial charge is 0.248 e. The predicted molar refractivity (Wildman–Crippen MR) is 84.4 cm³/mol. The molecule has 4 heteroatoms. The van der Waals surface area contributed by atoms with Gasteiger partial charge in [0.2, 0.25) is 5.91 Å². The maximum Gasteiger partial charge on any atom is 0.248 e. The predicted octanol–water partition coefficient (Wildman–Crippen LogP) is 2.04. The highest BCUT2D eigenvalue weighted by atomic mass is 16.5. The number of rotatable bonds is 3. The number of hydrogen-bond acceptors (Lipinski definition) is 3. The fourth-order valence-electron chi connectivity index (χ4n) is 3.20. The fourth-order valence-corrected chi connectivity index (χ4v) is 3.20. The number of morpholine rings is 1. The van der Waals surface area contributed by atoms with Gasteiger partial charge in [-0.3, -0.25) is 9.69 Å². The Kier molecular flexibility index (Phi) is 2.68. The number of amides is 1. The van der Waals surface area contributed by atoms with Gasteiger partial charge in [-0.1, -0.05) is 30.3 Å². The molecule has 3 fully saturated rings. The molecule has 1 saturated carbocycles. The SMILES string of the molecule is [2H]C1([2H])OC2(CCN(Cc3ccccc3)CC2)C([2H])([2H])N(C2CC2)C1=O. The van der Waals surface area contributed by atoms with Crippen molar-refractivity contribution in [3.8, 4) is 0 Å². The fraction of sp³-hybridized carbons (Fsp3) is 0.611. The molecular formula is C18H24N2O2. The third kappa shape index (κ3) is 2.90. The second-order valence-corrected chi connectivity index (χ2v) is 6.48. The Bertz CT molecular complexity index is 686. The van der Waals surface area contributed by atoms with E-state index in [2.05, 4.69) is 17.0 Å². The summed E-state index contributed by atoms with van der Waals surface area (Å²) in [5, 5.41) is 0. The van der Waals surface area contributed by atoms with Gasteiger partial charge in [0.25, 0.3) is 0 Å². The van der Waals surface area contributed by atoms with Gasteiger partial charge in [0.15, 0.2) is 0 Å². The van der Waals surface area contributed by atoms with Crippen LogP contribution in [0.5, 0.6) is 0 Å². The van der Waals surface area contributed by atoms with Gasteiger partial charge in [-0.05, 0) is 31.2 Å². The zero-order valence-corrected chi connectivity index (χ0v) is 12.6. The summed E-state index contributed by atoms with van der Waals surface area (Å²) in [6.45, 7) is -2.46. The van der Waals surface area contributed by atoms with Crippen molar-refractivity contribution >= 4 is 5.91 Å². The van der Waals surface area contributed by atoms with E-state index in [0.29, 0.717) is 25.9 Å². The van der Waals surface area contributed by atoms with Crippen LogP contribution in [0, 0.1) is 0 Å². The van der Waals surface area contributed by atoms with Gasteiger partial charge in [0.1, 0.15) is 6.56 Å². The molecule has 22 heavy (non-hydrogen) atoms. The van der Waals surface area contributed by atoms with Crippen molar-refractivity contribution in [1.82, 2.24) is 9.80 Å². The molecule has 0 radical (unpaired) electrons. The Hall–Kier alpha value is -1.39. The highest BCUT2D eigenvalue weighted by molar-refractivity contribution is 5.79. The number of hydrogen-bond donors (Lipinski definition) is 0. The largest absolute Gasteiger partial charge is 0.363 e. The van der Waals surface area contributed by atoms with Gasteiger partial charge in [0, 0.05) is 25.7 Å². The van der Waals surface area contributed by atoms with Gasteiger partial charge in [-0.2, -0.15) is 0 Å². The summed E-state index contributed by atoms with van der Waals surface area (Å²) in [7, 11) is 0. The van der Waals surface area contributed by atoms with Crippen LogP contribution in [0.1, 0.15) is 36.7 Å². The number of benzene rings is 1. The Morgan fingerprint density at radius 3 is 2.64 bits per heavy atom. The van der Waals surface area contributed by atoms with Crippen LogP contribution in [0.2, 0.25) is 0 Å². The van der Waals surface area contributed by atoms with Crippen LogP contribution in [0.4, 0.5) is 0 Å². The molecule has 0 unspecified atom stereocenters. The van der Waals surface area contributed by atoms with Crippen molar-refractivity contribution in [2.45, 2.75) is 43.9 Å². The minimum Gasteiger partial charge on any atom is -0.363 e. The third-order valence-electron chi connectivity index (χ3n) is 4.70. The summed E-state index contributed by atoms with van der Waals surface area (Å²) in [5.41, 5.74) is -0.0960. The lowest BCUT2D eigenvalue weighted by molar-refractivity contribution is -0.172. The van der Waals surface area contributed by atoms with Crippen molar-refractivity contribution in [2.75, 3.05) is 26.1 Å². The van der Waals surface area contributed by atoms with E-state index >= 15 is 0 Å². The Balaban J connectivity index is 1.53. The molecule has 3 aliphatic rings. The molecule has 1 aromatic carbocycles. The van der Waals surface area contributed by atoms with E-state index in [-0.39, 0.29) is 6.04 Å². The van der Waals surface area contributed by atoms with E-state index in [4.69, 9.17) is 10.2 Å². The molecule has 1 aromatic rings. The minimum atomic E-state index is -2.46. The minimum absolute atomic E-state index is 0.198. The zero-order chi connectivity index (χ0) is 18.6. The molecule has 0 atom stereocenters. The molecule has 118 valence electrons. The number of likely N-dealkylation sites (tertiary alicyclic amines) is 1. The van der Waals surface area contributed by atoms with Gasteiger partial charge < -0.3 is 9.64 Å². The van der Waals surface area contributed by atoms with Crippen LogP contribution in [0.25, 0.3) is 0 Å². The first kappa shape index (κ1) is 10.4. The topological polar surface area (TPSA) is 32.8 Å². The number of carbonyl (C=O) groups is 1. The summed E-state index contributed by atoms with van der Waals surface area (Å²) in [6, 6.07) is 9.90. The summed E-state index contributed by atoms with van der Waals surface area (Å²) >= 11 is 0. The van der Waals surface area contributed by atoms with E-state index in [1.165, 1.54) is 5.56 Å². The number of ether oxygens (including phenoxy) is 1. The Morgan fingerprint density at radius 2 is 1.95 bits per heavy atom.